The Morgan fingerprint density at radius 2 is 2.10 bits per heavy atom. The van der Waals surface area contributed by atoms with Crippen LogP contribution in [0, 0.1) is 12.7 Å². The third kappa shape index (κ3) is 3.96. The van der Waals surface area contributed by atoms with E-state index in [9.17, 15) is 9.18 Å². The number of thiazole rings is 1. The van der Waals surface area contributed by atoms with Crippen LogP contribution in [0.15, 0.2) is 36.4 Å². The fourth-order valence-electron chi connectivity index (χ4n) is 3.31. The molecule has 3 aromatic rings. The molecule has 1 N–H and O–H groups in total. The van der Waals surface area contributed by atoms with Crippen LogP contribution in [0.25, 0.3) is 10.6 Å². The molecule has 7 heteroatoms. The minimum Gasteiger partial charge on any atom is -0.492 e. The highest BCUT2D eigenvalue weighted by Crippen LogP contribution is 2.38. The van der Waals surface area contributed by atoms with E-state index < -0.39 is 0 Å². The van der Waals surface area contributed by atoms with Crippen LogP contribution in [0.3, 0.4) is 0 Å². The van der Waals surface area contributed by atoms with Crippen molar-refractivity contribution in [1.29, 1.82) is 0 Å². The monoisotopic (exact) mass is 412 g/mol. The summed E-state index contributed by atoms with van der Waals surface area (Å²) >= 11 is 1.27. The largest absolute Gasteiger partial charge is 0.492 e. The number of amides is 1. The summed E-state index contributed by atoms with van der Waals surface area (Å²) in [6, 6.07) is 9.82. The molecular formula is C22H21FN2O3S. The van der Waals surface area contributed by atoms with Crippen molar-refractivity contribution in [3.05, 3.63) is 58.3 Å². The molecule has 0 fully saturated rings. The van der Waals surface area contributed by atoms with Crippen molar-refractivity contribution < 1.29 is 18.7 Å². The molecule has 0 bridgehead atoms. The van der Waals surface area contributed by atoms with E-state index in [1.807, 2.05) is 26.0 Å². The van der Waals surface area contributed by atoms with E-state index in [2.05, 4.69) is 10.3 Å². The number of nitrogens with one attached hydrogen (secondary N) is 1. The number of nitrogens with zero attached hydrogens (tertiary/aromatic N) is 1. The van der Waals surface area contributed by atoms with Crippen LogP contribution in [-0.4, -0.2) is 23.6 Å². The van der Waals surface area contributed by atoms with E-state index in [1.165, 1.54) is 23.5 Å². The van der Waals surface area contributed by atoms with Gasteiger partial charge in [-0.1, -0.05) is 0 Å². The molecule has 0 saturated carbocycles. The maximum Gasteiger partial charge on any atom is 0.267 e. The Bertz CT molecular complexity index is 1060. The summed E-state index contributed by atoms with van der Waals surface area (Å²) in [5.74, 6) is 0.819. The molecule has 5 nitrogen and oxygen atoms in total. The number of aryl methyl sites for hydroxylation is 1. The van der Waals surface area contributed by atoms with Gasteiger partial charge in [0.25, 0.3) is 5.91 Å². The van der Waals surface area contributed by atoms with Gasteiger partial charge in [-0.05, 0) is 51.1 Å². The van der Waals surface area contributed by atoms with Crippen LogP contribution in [0.2, 0.25) is 0 Å². The zero-order valence-electron chi connectivity index (χ0n) is 16.4. The molecule has 29 heavy (non-hydrogen) atoms. The molecule has 1 aliphatic heterocycles. The van der Waals surface area contributed by atoms with Gasteiger partial charge in [0.1, 0.15) is 33.3 Å². The summed E-state index contributed by atoms with van der Waals surface area (Å²) in [4.78, 5) is 17.9. The maximum atomic E-state index is 13.2. The van der Waals surface area contributed by atoms with Gasteiger partial charge in [0.15, 0.2) is 0 Å². The van der Waals surface area contributed by atoms with Gasteiger partial charge in [-0.25, -0.2) is 9.37 Å². The third-order valence-corrected chi connectivity index (χ3v) is 5.85. The predicted octanol–water partition coefficient (Wildman–Crippen LogP) is 5.23. The molecule has 2 heterocycles. The summed E-state index contributed by atoms with van der Waals surface area (Å²) < 4.78 is 24.7. The average molecular weight is 412 g/mol. The second kappa shape index (κ2) is 7.83. The summed E-state index contributed by atoms with van der Waals surface area (Å²) in [7, 11) is 0. The minimum atomic E-state index is -0.309. The van der Waals surface area contributed by atoms with E-state index in [4.69, 9.17) is 9.47 Å². The first-order valence-corrected chi connectivity index (χ1v) is 10.3. The fourth-order valence-corrected chi connectivity index (χ4v) is 4.28. The average Bonchev–Trinajstić information content (AvgIpc) is 3.24. The van der Waals surface area contributed by atoms with Crippen LogP contribution in [0.5, 0.6) is 11.5 Å². The van der Waals surface area contributed by atoms with Gasteiger partial charge in [0, 0.05) is 23.6 Å². The van der Waals surface area contributed by atoms with E-state index in [-0.39, 0.29) is 17.8 Å². The lowest BCUT2D eigenvalue weighted by Gasteiger charge is -2.13. The smallest absolute Gasteiger partial charge is 0.267 e. The van der Waals surface area contributed by atoms with Crippen molar-refractivity contribution in [2.45, 2.75) is 33.3 Å². The fraction of sp³-hybridized carbons (Fsp3) is 0.273. The molecule has 1 aromatic heterocycles. The molecule has 150 valence electrons. The predicted molar refractivity (Wildman–Crippen MR) is 112 cm³/mol. The lowest BCUT2D eigenvalue weighted by molar-refractivity contribution is 0.102. The third-order valence-electron chi connectivity index (χ3n) is 4.64. The van der Waals surface area contributed by atoms with Crippen molar-refractivity contribution >= 4 is 22.9 Å². The normalized spacial score (nSPS) is 15.0. The summed E-state index contributed by atoms with van der Waals surface area (Å²) in [5.41, 5.74) is 3.04. The van der Waals surface area contributed by atoms with Gasteiger partial charge in [0.2, 0.25) is 0 Å². The lowest BCUT2D eigenvalue weighted by atomic mass is 10.1. The molecule has 1 atom stereocenters. The van der Waals surface area contributed by atoms with Crippen molar-refractivity contribution in [2.75, 3.05) is 11.9 Å². The number of hydrogen-bond donors (Lipinski definition) is 1. The number of rotatable bonds is 5. The molecular weight excluding hydrogens is 391 g/mol. The Hall–Kier alpha value is -2.93. The van der Waals surface area contributed by atoms with Gasteiger partial charge >= 0.3 is 0 Å². The van der Waals surface area contributed by atoms with E-state index >= 15 is 0 Å². The SMILES string of the molecule is CCOc1cc2c(cc1NC(=O)c1sc(-c3ccc(F)cc3)nc1C)OC(C)C2. The number of anilines is 1. The van der Waals surface area contributed by atoms with Gasteiger partial charge in [0.05, 0.1) is 18.0 Å². The second-order valence-electron chi connectivity index (χ2n) is 6.92. The first-order valence-electron chi connectivity index (χ1n) is 9.45. The summed E-state index contributed by atoms with van der Waals surface area (Å²) in [5, 5.41) is 3.61. The zero-order chi connectivity index (χ0) is 20.5. The topological polar surface area (TPSA) is 60.5 Å². The van der Waals surface area contributed by atoms with E-state index in [0.29, 0.717) is 33.6 Å². The van der Waals surface area contributed by atoms with Crippen LogP contribution in [0.4, 0.5) is 10.1 Å². The lowest BCUT2D eigenvalue weighted by Crippen LogP contribution is -2.13. The van der Waals surface area contributed by atoms with Crippen LogP contribution in [0.1, 0.15) is 34.8 Å². The molecule has 0 radical (unpaired) electrons. The van der Waals surface area contributed by atoms with Gasteiger partial charge in [-0.15, -0.1) is 11.3 Å². The van der Waals surface area contributed by atoms with E-state index in [1.54, 1.807) is 19.1 Å². The standard InChI is InChI=1S/C22H21FN2O3S/c1-4-27-19-10-15-9-12(2)28-18(15)11-17(19)25-21(26)20-13(3)24-22(29-20)14-5-7-16(23)8-6-14/h5-8,10-12H,4,9H2,1-3H3,(H,25,26). The number of hydrogen-bond acceptors (Lipinski definition) is 5. The molecule has 1 amide bonds. The van der Waals surface area contributed by atoms with Crippen LogP contribution < -0.4 is 14.8 Å². The number of carbonyl (C=O) groups is 1. The van der Waals surface area contributed by atoms with E-state index in [0.717, 1.165) is 23.3 Å². The second-order valence-corrected chi connectivity index (χ2v) is 7.92. The minimum absolute atomic E-state index is 0.104. The number of carbonyl (C=O) groups excluding carboxylic acids is 1. The number of benzene rings is 2. The highest BCUT2D eigenvalue weighted by Gasteiger charge is 2.24. The molecule has 2 aromatic carbocycles. The van der Waals surface area contributed by atoms with Gasteiger partial charge in [-0.2, -0.15) is 0 Å². The maximum absolute atomic E-state index is 13.2. The Morgan fingerprint density at radius 3 is 2.83 bits per heavy atom. The highest BCUT2D eigenvalue weighted by atomic mass is 32.1. The molecule has 1 aliphatic rings. The Morgan fingerprint density at radius 1 is 1.34 bits per heavy atom. The molecule has 4 rings (SSSR count). The Labute approximate surface area is 172 Å². The van der Waals surface area contributed by atoms with Crippen molar-refractivity contribution in [3.63, 3.8) is 0 Å². The van der Waals surface area contributed by atoms with Crippen LogP contribution >= 0.6 is 11.3 Å². The molecule has 1 unspecified atom stereocenters. The number of ether oxygens (including phenoxy) is 2. The first-order chi connectivity index (χ1) is 13.9. The van der Waals surface area contributed by atoms with Crippen LogP contribution in [-0.2, 0) is 6.42 Å². The first kappa shape index (κ1) is 19.4. The number of aromatic nitrogens is 1. The summed E-state index contributed by atoms with van der Waals surface area (Å²) in [6.07, 6.45) is 0.922. The zero-order valence-corrected chi connectivity index (χ0v) is 17.2. The molecule has 0 spiro atoms. The Kier molecular flexibility index (Phi) is 5.24. The van der Waals surface area contributed by atoms with Crippen molar-refractivity contribution in [1.82, 2.24) is 4.98 Å². The van der Waals surface area contributed by atoms with Crippen molar-refractivity contribution in [3.8, 4) is 22.1 Å². The number of halogens is 1. The van der Waals surface area contributed by atoms with Crippen molar-refractivity contribution in [2.24, 2.45) is 0 Å². The molecule has 0 aliphatic carbocycles. The Balaban J connectivity index is 1.61. The van der Waals surface area contributed by atoms with Gasteiger partial charge in [-0.3, -0.25) is 4.79 Å². The quantitative estimate of drug-likeness (QED) is 0.623. The molecule has 0 saturated heterocycles. The summed E-state index contributed by atoms with van der Waals surface area (Å²) in [6.45, 7) is 6.19. The highest BCUT2D eigenvalue weighted by molar-refractivity contribution is 7.17. The number of fused-ring (bicyclic) bond motifs is 1. The van der Waals surface area contributed by atoms with Gasteiger partial charge < -0.3 is 14.8 Å².